The average Bonchev–Trinajstić information content (AvgIpc) is 2.73. The number of rotatable bonds is 2. The molecule has 1 amide bonds. The van der Waals surface area contributed by atoms with E-state index >= 15 is 0 Å². The zero-order valence-corrected chi connectivity index (χ0v) is 13.9. The highest BCUT2D eigenvalue weighted by Crippen LogP contribution is 2.32. The number of benzene rings is 1. The molecule has 0 saturated carbocycles. The fraction of sp³-hybridized carbons (Fsp3) is 0. The van der Waals surface area contributed by atoms with E-state index in [-0.39, 0.29) is 5.91 Å². The Morgan fingerprint density at radius 3 is 2.39 bits per heavy atom. The molecule has 2 rings (SSSR count). The number of carbonyl (C=O) groups is 1. The molecular formula is C11H5Cl3INOS. The third-order valence-corrected chi connectivity index (χ3v) is 4.91. The molecule has 0 atom stereocenters. The fourth-order valence-corrected chi connectivity index (χ4v) is 3.16. The summed E-state index contributed by atoms with van der Waals surface area (Å²) < 4.78 is 1.04. The monoisotopic (exact) mass is 431 g/mol. The molecule has 0 aliphatic carbocycles. The summed E-state index contributed by atoms with van der Waals surface area (Å²) in [5.74, 6) is -0.227. The number of anilines is 1. The lowest BCUT2D eigenvalue weighted by molar-refractivity contribution is 0.102. The van der Waals surface area contributed by atoms with Gasteiger partial charge in [0.2, 0.25) is 0 Å². The van der Waals surface area contributed by atoms with E-state index in [2.05, 4.69) is 27.9 Å². The number of amides is 1. The number of carbonyl (C=O) groups excluding carboxylic acids is 1. The van der Waals surface area contributed by atoms with E-state index in [9.17, 15) is 4.79 Å². The quantitative estimate of drug-likeness (QED) is 0.488. The minimum absolute atomic E-state index is 0.227. The SMILES string of the molecule is O=C(Nc1cc(Cl)c(Cl)cc1Cl)c1csc(I)c1. The summed E-state index contributed by atoms with van der Waals surface area (Å²) >= 11 is 21.3. The van der Waals surface area contributed by atoms with E-state index in [1.54, 1.807) is 11.4 Å². The van der Waals surface area contributed by atoms with Crippen LogP contribution >= 0.6 is 68.7 Å². The van der Waals surface area contributed by atoms with Gasteiger partial charge in [-0.1, -0.05) is 34.8 Å². The topological polar surface area (TPSA) is 29.1 Å². The van der Waals surface area contributed by atoms with Crippen molar-refractivity contribution in [3.8, 4) is 0 Å². The van der Waals surface area contributed by atoms with Gasteiger partial charge >= 0.3 is 0 Å². The molecule has 0 radical (unpaired) electrons. The summed E-state index contributed by atoms with van der Waals surface area (Å²) in [4.78, 5) is 11.9. The number of hydrogen-bond donors (Lipinski definition) is 1. The Balaban J connectivity index is 2.24. The van der Waals surface area contributed by atoms with Gasteiger partial charge in [-0.2, -0.15) is 0 Å². The minimum atomic E-state index is -0.227. The van der Waals surface area contributed by atoms with Crippen molar-refractivity contribution in [2.45, 2.75) is 0 Å². The first-order valence-electron chi connectivity index (χ1n) is 4.67. The molecule has 0 unspecified atom stereocenters. The summed E-state index contributed by atoms with van der Waals surface area (Å²) in [6.45, 7) is 0. The number of thiophene rings is 1. The molecule has 1 aromatic carbocycles. The molecule has 94 valence electrons. The molecule has 0 saturated heterocycles. The summed E-state index contributed by atoms with van der Waals surface area (Å²) in [6.07, 6.45) is 0. The van der Waals surface area contributed by atoms with Crippen LogP contribution in [-0.4, -0.2) is 5.91 Å². The minimum Gasteiger partial charge on any atom is -0.321 e. The number of halogens is 4. The van der Waals surface area contributed by atoms with Gasteiger partial charge in [0.05, 0.1) is 29.2 Å². The van der Waals surface area contributed by atoms with Crippen molar-refractivity contribution in [3.63, 3.8) is 0 Å². The molecule has 0 fully saturated rings. The molecule has 1 aromatic heterocycles. The van der Waals surface area contributed by atoms with E-state index in [4.69, 9.17) is 34.8 Å². The Morgan fingerprint density at radius 2 is 1.78 bits per heavy atom. The molecular weight excluding hydrogens is 427 g/mol. The molecule has 0 spiro atoms. The Morgan fingerprint density at radius 1 is 1.11 bits per heavy atom. The predicted molar refractivity (Wildman–Crippen MR) is 86.5 cm³/mol. The molecule has 7 heteroatoms. The lowest BCUT2D eigenvalue weighted by Gasteiger charge is -2.07. The highest BCUT2D eigenvalue weighted by Gasteiger charge is 2.12. The van der Waals surface area contributed by atoms with E-state index < -0.39 is 0 Å². The molecule has 1 heterocycles. The van der Waals surface area contributed by atoms with Gasteiger partial charge in [-0.05, 0) is 40.8 Å². The fourth-order valence-electron chi connectivity index (χ4n) is 1.24. The van der Waals surface area contributed by atoms with Crippen LogP contribution in [0.5, 0.6) is 0 Å². The van der Waals surface area contributed by atoms with Crippen LogP contribution in [0.4, 0.5) is 5.69 Å². The summed E-state index contributed by atoms with van der Waals surface area (Å²) in [5, 5.41) is 5.52. The summed E-state index contributed by atoms with van der Waals surface area (Å²) in [6, 6.07) is 4.83. The van der Waals surface area contributed by atoms with Crippen LogP contribution in [0.25, 0.3) is 0 Å². The first-order valence-corrected chi connectivity index (χ1v) is 7.76. The van der Waals surface area contributed by atoms with Crippen LogP contribution in [-0.2, 0) is 0 Å². The van der Waals surface area contributed by atoms with E-state index in [1.807, 2.05) is 0 Å². The standard InChI is InChI=1S/C11H5Cl3INOS/c12-6-2-8(14)9(3-7(6)13)16-11(17)5-1-10(15)18-4-5/h1-4H,(H,16,17). The molecule has 2 aromatic rings. The Kier molecular flexibility index (Phi) is 4.77. The number of nitrogens with one attached hydrogen (secondary N) is 1. The predicted octanol–water partition coefficient (Wildman–Crippen LogP) is 5.57. The Hall–Kier alpha value is -0.0100. The van der Waals surface area contributed by atoms with Crippen molar-refractivity contribution >= 4 is 80.3 Å². The molecule has 1 N–H and O–H groups in total. The second-order valence-electron chi connectivity index (χ2n) is 3.34. The van der Waals surface area contributed by atoms with Crippen LogP contribution in [0.1, 0.15) is 10.4 Å². The third-order valence-electron chi connectivity index (χ3n) is 2.09. The highest BCUT2D eigenvalue weighted by molar-refractivity contribution is 14.1. The Bertz CT molecular complexity index is 614. The lowest BCUT2D eigenvalue weighted by atomic mass is 10.2. The highest BCUT2D eigenvalue weighted by atomic mass is 127. The van der Waals surface area contributed by atoms with Crippen molar-refractivity contribution in [2.75, 3.05) is 5.32 Å². The van der Waals surface area contributed by atoms with Crippen molar-refractivity contribution in [2.24, 2.45) is 0 Å². The lowest BCUT2D eigenvalue weighted by Crippen LogP contribution is -2.11. The summed E-state index contributed by atoms with van der Waals surface area (Å²) in [5.41, 5.74) is 1.03. The maximum atomic E-state index is 11.9. The zero-order valence-electron chi connectivity index (χ0n) is 8.64. The second kappa shape index (κ2) is 5.96. The van der Waals surface area contributed by atoms with Gasteiger partial charge in [-0.15, -0.1) is 11.3 Å². The van der Waals surface area contributed by atoms with E-state index in [0.29, 0.717) is 26.3 Å². The van der Waals surface area contributed by atoms with Gasteiger partial charge < -0.3 is 5.32 Å². The molecule has 2 nitrogen and oxygen atoms in total. The number of hydrogen-bond acceptors (Lipinski definition) is 2. The van der Waals surface area contributed by atoms with Gasteiger partial charge in [0.25, 0.3) is 5.91 Å². The maximum absolute atomic E-state index is 11.9. The largest absolute Gasteiger partial charge is 0.321 e. The normalized spacial score (nSPS) is 10.4. The van der Waals surface area contributed by atoms with Crippen LogP contribution in [0.3, 0.4) is 0 Å². The van der Waals surface area contributed by atoms with Crippen molar-refractivity contribution in [1.29, 1.82) is 0 Å². The average molecular weight is 432 g/mol. The van der Waals surface area contributed by atoms with Gasteiger partial charge in [-0.3, -0.25) is 4.79 Å². The Labute approximate surface area is 136 Å². The van der Waals surface area contributed by atoms with Gasteiger partial charge in [0.1, 0.15) is 0 Å². The van der Waals surface area contributed by atoms with E-state index in [1.165, 1.54) is 23.5 Å². The van der Waals surface area contributed by atoms with Crippen molar-refractivity contribution in [1.82, 2.24) is 0 Å². The van der Waals surface area contributed by atoms with Gasteiger partial charge in [0.15, 0.2) is 0 Å². The van der Waals surface area contributed by atoms with Gasteiger partial charge in [-0.25, -0.2) is 0 Å². The summed E-state index contributed by atoms with van der Waals surface area (Å²) in [7, 11) is 0. The maximum Gasteiger partial charge on any atom is 0.256 e. The van der Waals surface area contributed by atoms with E-state index in [0.717, 1.165) is 2.88 Å². The van der Waals surface area contributed by atoms with Crippen molar-refractivity contribution in [3.05, 3.63) is 47.1 Å². The van der Waals surface area contributed by atoms with Crippen molar-refractivity contribution < 1.29 is 4.79 Å². The van der Waals surface area contributed by atoms with Crippen LogP contribution < -0.4 is 5.32 Å². The third kappa shape index (κ3) is 3.30. The van der Waals surface area contributed by atoms with Crippen LogP contribution in [0, 0.1) is 2.88 Å². The van der Waals surface area contributed by atoms with Crippen LogP contribution in [0.15, 0.2) is 23.6 Å². The van der Waals surface area contributed by atoms with Gasteiger partial charge in [0, 0.05) is 5.38 Å². The first kappa shape index (κ1) is 14.4. The molecule has 0 bridgehead atoms. The smallest absolute Gasteiger partial charge is 0.256 e. The molecule has 18 heavy (non-hydrogen) atoms. The molecule has 0 aliphatic rings. The molecule has 0 aliphatic heterocycles. The second-order valence-corrected chi connectivity index (χ2v) is 7.37. The first-order chi connectivity index (χ1) is 8.47. The van der Waals surface area contributed by atoms with Crippen LogP contribution in [0.2, 0.25) is 15.1 Å². The zero-order chi connectivity index (χ0) is 13.3.